The lowest BCUT2D eigenvalue weighted by Crippen LogP contribution is -2.46. The average Bonchev–Trinajstić information content (AvgIpc) is 3.69. The number of hydrogen-bond donors (Lipinski definition) is 1. The van der Waals surface area contributed by atoms with Crippen LogP contribution < -0.4 is 10.5 Å². The largest absolute Gasteiger partial charge is 0.507 e. The maximum Gasteiger partial charge on any atom is 0.250 e. The topological polar surface area (TPSA) is 84.1 Å². The van der Waals surface area contributed by atoms with E-state index in [0.29, 0.717) is 29.8 Å². The lowest BCUT2D eigenvalue weighted by molar-refractivity contribution is 0.0744. The fourth-order valence-electron chi connectivity index (χ4n) is 6.00. The summed E-state index contributed by atoms with van der Waals surface area (Å²) >= 11 is 0. The summed E-state index contributed by atoms with van der Waals surface area (Å²) in [5, 5.41) is 19.6. The summed E-state index contributed by atoms with van der Waals surface area (Å²) in [6.45, 7) is 0. The number of aryl methyl sites for hydroxylation is 1. The van der Waals surface area contributed by atoms with Gasteiger partial charge < -0.3 is 14.6 Å². The highest BCUT2D eigenvalue weighted by Crippen LogP contribution is 2.46. The van der Waals surface area contributed by atoms with Crippen molar-refractivity contribution in [3.8, 4) is 28.3 Å². The molecule has 2 bridgehead atoms. The molecule has 182 valence electrons. The summed E-state index contributed by atoms with van der Waals surface area (Å²) in [6, 6.07) is 9.31. The number of pyridine rings is 1. The van der Waals surface area contributed by atoms with Crippen LogP contribution in [0.3, 0.4) is 0 Å². The molecule has 8 heteroatoms. The standard InChI is InChI=1S/C27H30FN5O2/c1-32-9-8-18(14-26(32)35)17-3-6-22(24(34)13-17)27-29-15-25(30-31-27)33(20-4-5-20)21-11-16-2-7-23(28)19(10-16)12-21/h3,6,8-9,13-16,19-21,23,34H,2,4-5,7,10-12H2,1H3/t16-,19+,21+,23-/m0/s1. The molecule has 35 heavy (non-hydrogen) atoms. The van der Waals surface area contributed by atoms with Gasteiger partial charge in [0.25, 0.3) is 5.56 Å². The third kappa shape index (κ3) is 4.30. The molecule has 2 aromatic heterocycles. The minimum absolute atomic E-state index is 0.0332. The Balaban J connectivity index is 1.24. The van der Waals surface area contributed by atoms with Crippen LogP contribution >= 0.6 is 0 Å². The fraction of sp³-hybridized carbons (Fsp3) is 0.481. The Hall–Kier alpha value is -3.29. The quantitative estimate of drug-likeness (QED) is 0.585. The minimum atomic E-state index is -0.675. The Kier molecular flexibility index (Phi) is 5.54. The molecule has 3 aliphatic carbocycles. The Labute approximate surface area is 203 Å². The molecule has 1 N–H and O–H groups in total. The van der Waals surface area contributed by atoms with Gasteiger partial charge in [-0.15, -0.1) is 10.2 Å². The number of nitrogens with zero attached hydrogens (tertiary/aromatic N) is 5. The number of alkyl halides is 1. The van der Waals surface area contributed by atoms with Gasteiger partial charge in [0.1, 0.15) is 11.9 Å². The molecule has 0 aliphatic heterocycles. The van der Waals surface area contributed by atoms with E-state index in [0.717, 1.165) is 55.5 Å². The van der Waals surface area contributed by atoms with Gasteiger partial charge in [-0.25, -0.2) is 9.37 Å². The zero-order chi connectivity index (χ0) is 24.1. The highest BCUT2D eigenvalue weighted by Gasteiger charge is 2.43. The maximum atomic E-state index is 14.5. The number of phenolic OH excluding ortho intramolecular Hbond substituents is 1. The van der Waals surface area contributed by atoms with E-state index in [4.69, 9.17) is 0 Å². The normalized spacial score (nSPS) is 25.9. The molecule has 6 rings (SSSR count). The maximum absolute atomic E-state index is 14.5. The number of anilines is 1. The van der Waals surface area contributed by atoms with E-state index in [2.05, 4.69) is 20.1 Å². The van der Waals surface area contributed by atoms with Crippen molar-refractivity contribution >= 4 is 5.82 Å². The molecule has 0 radical (unpaired) electrons. The summed E-state index contributed by atoms with van der Waals surface area (Å²) in [7, 11) is 1.70. The van der Waals surface area contributed by atoms with Crippen LogP contribution in [0.4, 0.5) is 10.2 Å². The number of halogens is 1. The average molecular weight is 476 g/mol. The van der Waals surface area contributed by atoms with E-state index in [-0.39, 0.29) is 23.3 Å². The van der Waals surface area contributed by atoms with Crippen LogP contribution in [-0.4, -0.2) is 43.1 Å². The van der Waals surface area contributed by atoms with Gasteiger partial charge in [0.05, 0.1) is 11.8 Å². The number of hydrogen-bond acceptors (Lipinski definition) is 6. The number of fused-ring (bicyclic) bond motifs is 2. The van der Waals surface area contributed by atoms with E-state index in [1.165, 1.54) is 10.6 Å². The van der Waals surface area contributed by atoms with Gasteiger partial charge in [0.2, 0.25) is 0 Å². The molecule has 0 unspecified atom stereocenters. The van der Waals surface area contributed by atoms with Crippen molar-refractivity contribution < 1.29 is 9.50 Å². The van der Waals surface area contributed by atoms with Crippen LogP contribution in [0.25, 0.3) is 22.5 Å². The van der Waals surface area contributed by atoms with Crippen LogP contribution in [0, 0.1) is 11.8 Å². The first kappa shape index (κ1) is 22.2. The van der Waals surface area contributed by atoms with E-state index >= 15 is 0 Å². The first-order valence-corrected chi connectivity index (χ1v) is 12.6. The minimum Gasteiger partial charge on any atom is -0.507 e. The summed E-state index contributed by atoms with van der Waals surface area (Å²) in [5.74, 6) is 1.89. The van der Waals surface area contributed by atoms with E-state index in [9.17, 15) is 14.3 Å². The molecular weight excluding hydrogens is 445 g/mol. The molecular formula is C27H30FN5O2. The molecule has 7 nitrogen and oxygen atoms in total. The lowest BCUT2D eigenvalue weighted by Gasteiger charge is -2.45. The van der Waals surface area contributed by atoms with E-state index in [1.807, 2.05) is 12.1 Å². The van der Waals surface area contributed by atoms with Crippen molar-refractivity contribution in [2.45, 2.75) is 63.2 Å². The van der Waals surface area contributed by atoms with Gasteiger partial charge in [-0.1, -0.05) is 6.07 Å². The summed E-state index contributed by atoms with van der Waals surface area (Å²) in [5.41, 5.74) is 1.85. The molecule has 0 amide bonds. The van der Waals surface area contributed by atoms with E-state index < -0.39 is 6.17 Å². The second kappa shape index (κ2) is 8.73. The first-order valence-electron chi connectivity index (χ1n) is 12.6. The number of phenols is 1. The van der Waals surface area contributed by atoms with Gasteiger partial charge in [-0.05, 0) is 86.1 Å². The molecule has 3 saturated carbocycles. The zero-order valence-corrected chi connectivity index (χ0v) is 19.8. The van der Waals surface area contributed by atoms with Crippen LogP contribution in [0.5, 0.6) is 5.75 Å². The van der Waals surface area contributed by atoms with Gasteiger partial charge in [0.15, 0.2) is 11.6 Å². The smallest absolute Gasteiger partial charge is 0.250 e. The summed E-state index contributed by atoms with van der Waals surface area (Å²) < 4.78 is 16.0. The Morgan fingerprint density at radius 1 is 1.00 bits per heavy atom. The number of benzene rings is 1. The molecule has 3 aliphatic rings. The van der Waals surface area contributed by atoms with Crippen molar-refractivity contribution in [3.05, 3.63) is 53.1 Å². The molecule has 2 heterocycles. The zero-order valence-electron chi connectivity index (χ0n) is 19.8. The fourth-order valence-corrected chi connectivity index (χ4v) is 6.00. The molecule has 4 atom stereocenters. The van der Waals surface area contributed by atoms with Gasteiger partial charge in [-0.3, -0.25) is 4.79 Å². The molecule has 3 aromatic rings. The predicted molar refractivity (Wildman–Crippen MR) is 132 cm³/mol. The molecule has 0 spiro atoms. The van der Waals surface area contributed by atoms with Gasteiger partial charge >= 0.3 is 0 Å². The van der Waals surface area contributed by atoms with Crippen LogP contribution in [0.1, 0.15) is 44.9 Å². The number of rotatable bonds is 5. The van der Waals surface area contributed by atoms with Gasteiger partial charge in [0, 0.05) is 31.4 Å². The SMILES string of the molecule is Cn1ccc(-c2ccc(-c3ncc(N(C4CC4)[C@@H]4C[C@H]5CC[C@H](F)[C@H](C5)C4)nn3)c(O)c2)cc1=O. The highest BCUT2D eigenvalue weighted by atomic mass is 19.1. The van der Waals surface area contributed by atoms with Crippen molar-refractivity contribution in [1.82, 2.24) is 19.7 Å². The highest BCUT2D eigenvalue weighted by molar-refractivity contribution is 5.72. The second-order valence-electron chi connectivity index (χ2n) is 10.5. The van der Waals surface area contributed by atoms with Crippen LogP contribution in [0.15, 0.2) is 47.5 Å². The number of aromatic hydroxyl groups is 1. The third-order valence-corrected chi connectivity index (χ3v) is 8.00. The first-order chi connectivity index (χ1) is 17.0. The molecule has 0 saturated heterocycles. The number of aromatic nitrogens is 4. The van der Waals surface area contributed by atoms with E-state index in [1.54, 1.807) is 31.6 Å². The Bertz CT molecular complexity index is 1290. The monoisotopic (exact) mass is 475 g/mol. The summed E-state index contributed by atoms with van der Waals surface area (Å²) in [6.07, 6.45) is 9.71. The van der Waals surface area contributed by atoms with Crippen molar-refractivity contribution in [3.63, 3.8) is 0 Å². The van der Waals surface area contributed by atoms with Crippen LogP contribution in [0.2, 0.25) is 0 Å². The van der Waals surface area contributed by atoms with Crippen LogP contribution in [-0.2, 0) is 7.05 Å². The Morgan fingerprint density at radius 3 is 2.54 bits per heavy atom. The third-order valence-electron chi connectivity index (χ3n) is 8.00. The van der Waals surface area contributed by atoms with Gasteiger partial charge in [-0.2, -0.15) is 0 Å². The predicted octanol–water partition coefficient (Wildman–Crippen LogP) is 4.50. The molecule has 3 fully saturated rings. The van der Waals surface area contributed by atoms with Crippen molar-refractivity contribution in [1.29, 1.82) is 0 Å². The second-order valence-corrected chi connectivity index (χ2v) is 10.5. The van der Waals surface area contributed by atoms with Crippen molar-refractivity contribution in [2.24, 2.45) is 18.9 Å². The van der Waals surface area contributed by atoms with Crippen molar-refractivity contribution in [2.75, 3.05) is 4.90 Å². The molecule has 1 aromatic carbocycles. The summed E-state index contributed by atoms with van der Waals surface area (Å²) in [4.78, 5) is 18.9. The lowest BCUT2D eigenvalue weighted by atomic mass is 9.69. The Morgan fingerprint density at radius 2 is 1.83 bits per heavy atom.